The van der Waals surface area contributed by atoms with Gasteiger partial charge >= 0.3 is 0 Å². The minimum absolute atomic E-state index is 0.134. The van der Waals surface area contributed by atoms with Crippen molar-refractivity contribution in [2.45, 2.75) is 38.9 Å². The fraction of sp³-hybridized carbons (Fsp3) is 0.269. The van der Waals surface area contributed by atoms with Crippen molar-refractivity contribution in [1.82, 2.24) is 20.2 Å². The molecule has 1 fully saturated rings. The highest BCUT2D eigenvalue weighted by atomic mass is 16.4. The molecule has 6 nitrogen and oxygen atoms in total. The molecule has 0 spiro atoms. The van der Waals surface area contributed by atoms with Gasteiger partial charge in [0.15, 0.2) is 0 Å². The monoisotopic (exact) mass is 426 g/mol. The fourth-order valence-electron chi connectivity index (χ4n) is 4.37. The van der Waals surface area contributed by atoms with Crippen molar-refractivity contribution in [1.29, 1.82) is 0 Å². The number of hydrogen-bond acceptors (Lipinski definition) is 5. The number of carbonyl (C=O) groups excluding carboxylic acids is 1. The number of rotatable bonds is 7. The van der Waals surface area contributed by atoms with Crippen molar-refractivity contribution >= 4 is 16.7 Å². The lowest BCUT2D eigenvalue weighted by Crippen LogP contribution is -2.38. The Morgan fingerprint density at radius 1 is 1.06 bits per heavy atom. The molecule has 1 aliphatic heterocycles. The van der Waals surface area contributed by atoms with Crippen molar-refractivity contribution in [2.24, 2.45) is 0 Å². The number of amides is 1. The van der Waals surface area contributed by atoms with Crippen LogP contribution in [0.5, 0.6) is 0 Å². The van der Waals surface area contributed by atoms with Crippen LogP contribution in [0, 0.1) is 6.92 Å². The van der Waals surface area contributed by atoms with E-state index in [9.17, 15) is 4.79 Å². The highest BCUT2D eigenvalue weighted by molar-refractivity contribution is 5.94. The van der Waals surface area contributed by atoms with Crippen LogP contribution in [0.1, 0.15) is 29.9 Å². The van der Waals surface area contributed by atoms with E-state index in [0.29, 0.717) is 18.9 Å². The number of fused-ring (bicyclic) bond motifs is 1. The first-order chi connectivity index (χ1) is 15.7. The number of carbonyl (C=O) groups is 1. The number of pyridine rings is 1. The molecule has 4 aromatic rings. The van der Waals surface area contributed by atoms with Gasteiger partial charge in [-0.25, -0.2) is 4.98 Å². The average molecular weight is 427 g/mol. The molecular formula is C26H26N4O2. The van der Waals surface area contributed by atoms with Gasteiger partial charge in [-0.3, -0.25) is 14.7 Å². The molecule has 6 heteroatoms. The molecule has 3 heterocycles. The second-order valence-corrected chi connectivity index (χ2v) is 8.38. The highest BCUT2D eigenvalue weighted by Crippen LogP contribution is 2.30. The second kappa shape index (κ2) is 8.93. The van der Waals surface area contributed by atoms with Gasteiger partial charge in [-0.1, -0.05) is 36.4 Å². The van der Waals surface area contributed by atoms with Gasteiger partial charge in [0.05, 0.1) is 5.69 Å². The molecule has 0 saturated carbocycles. The van der Waals surface area contributed by atoms with Crippen molar-refractivity contribution < 1.29 is 9.21 Å². The molecule has 2 aromatic carbocycles. The average Bonchev–Trinajstić information content (AvgIpc) is 3.39. The molecule has 162 valence electrons. The Morgan fingerprint density at radius 2 is 1.88 bits per heavy atom. The zero-order valence-corrected chi connectivity index (χ0v) is 18.1. The molecular weight excluding hydrogens is 400 g/mol. The SMILES string of the molecule is Cc1oc(-c2cccc3ccccc23)nc1CN(Cc1ccncc1)C[C@@H]1CCC(=O)N1. The summed E-state index contributed by atoms with van der Waals surface area (Å²) in [4.78, 5) is 23.0. The van der Waals surface area contributed by atoms with Crippen LogP contribution >= 0.6 is 0 Å². The Labute approximate surface area is 187 Å². The summed E-state index contributed by atoms with van der Waals surface area (Å²) in [6.07, 6.45) is 5.09. The quantitative estimate of drug-likeness (QED) is 0.472. The smallest absolute Gasteiger partial charge is 0.227 e. The third kappa shape index (κ3) is 4.41. The maximum absolute atomic E-state index is 11.7. The van der Waals surface area contributed by atoms with E-state index in [1.165, 1.54) is 10.9 Å². The Kier molecular flexibility index (Phi) is 5.69. The maximum Gasteiger partial charge on any atom is 0.227 e. The van der Waals surface area contributed by atoms with Crippen LogP contribution in [0.3, 0.4) is 0 Å². The van der Waals surface area contributed by atoms with E-state index in [2.05, 4.69) is 39.5 Å². The minimum Gasteiger partial charge on any atom is -0.441 e. The van der Waals surface area contributed by atoms with Gasteiger partial charge in [0.1, 0.15) is 5.76 Å². The number of nitrogens with zero attached hydrogens (tertiary/aromatic N) is 3. The normalized spacial score (nSPS) is 16.1. The van der Waals surface area contributed by atoms with Crippen molar-refractivity contribution in [3.05, 3.63) is 84.0 Å². The lowest BCUT2D eigenvalue weighted by Gasteiger charge is -2.25. The van der Waals surface area contributed by atoms with Crippen LogP contribution in [-0.4, -0.2) is 33.4 Å². The van der Waals surface area contributed by atoms with Crippen LogP contribution in [0.25, 0.3) is 22.2 Å². The van der Waals surface area contributed by atoms with Crippen LogP contribution in [-0.2, 0) is 17.9 Å². The Hall–Kier alpha value is -3.51. The molecule has 0 aliphatic carbocycles. The van der Waals surface area contributed by atoms with E-state index in [1.54, 1.807) is 0 Å². The molecule has 32 heavy (non-hydrogen) atoms. The van der Waals surface area contributed by atoms with E-state index < -0.39 is 0 Å². The zero-order chi connectivity index (χ0) is 21.9. The first kappa shape index (κ1) is 20.4. The fourth-order valence-corrected chi connectivity index (χ4v) is 4.37. The number of aryl methyl sites for hydroxylation is 1. The van der Waals surface area contributed by atoms with E-state index in [1.807, 2.05) is 49.6 Å². The number of nitrogens with one attached hydrogen (secondary N) is 1. The lowest BCUT2D eigenvalue weighted by molar-refractivity contribution is -0.119. The molecule has 1 saturated heterocycles. The van der Waals surface area contributed by atoms with E-state index in [0.717, 1.165) is 41.9 Å². The second-order valence-electron chi connectivity index (χ2n) is 8.38. The number of oxazole rings is 1. The Balaban J connectivity index is 1.42. The predicted molar refractivity (Wildman–Crippen MR) is 124 cm³/mol. The minimum atomic E-state index is 0.134. The molecule has 1 N–H and O–H groups in total. The summed E-state index contributed by atoms with van der Waals surface area (Å²) in [6.45, 7) is 4.14. The summed E-state index contributed by atoms with van der Waals surface area (Å²) in [5, 5.41) is 5.38. The first-order valence-electron chi connectivity index (χ1n) is 11.0. The Bertz CT molecular complexity index is 1230. The Morgan fingerprint density at radius 3 is 2.69 bits per heavy atom. The summed E-state index contributed by atoms with van der Waals surface area (Å²) in [5.41, 5.74) is 3.10. The number of hydrogen-bond donors (Lipinski definition) is 1. The van der Waals surface area contributed by atoms with Crippen LogP contribution in [0.4, 0.5) is 0 Å². The van der Waals surface area contributed by atoms with Gasteiger partial charge < -0.3 is 9.73 Å². The van der Waals surface area contributed by atoms with Crippen molar-refractivity contribution in [3.63, 3.8) is 0 Å². The molecule has 0 radical (unpaired) electrons. The van der Waals surface area contributed by atoms with E-state index >= 15 is 0 Å². The van der Waals surface area contributed by atoms with Crippen LogP contribution < -0.4 is 5.32 Å². The van der Waals surface area contributed by atoms with Gasteiger partial charge in [0.25, 0.3) is 0 Å². The molecule has 1 aliphatic rings. The first-order valence-corrected chi connectivity index (χ1v) is 11.0. The summed E-state index contributed by atoms with van der Waals surface area (Å²) >= 11 is 0. The van der Waals surface area contributed by atoms with Gasteiger partial charge in [-0.15, -0.1) is 0 Å². The van der Waals surface area contributed by atoms with Crippen LogP contribution in [0.15, 0.2) is 71.4 Å². The molecule has 0 bridgehead atoms. The van der Waals surface area contributed by atoms with Crippen LogP contribution in [0.2, 0.25) is 0 Å². The molecule has 2 aromatic heterocycles. The maximum atomic E-state index is 11.7. The predicted octanol–water partition coefficient (Wildman–Crippen LogP) is 4.48. The van der Waals surface area contributed by atoms with E-state index in [4.69, 9.17) is 9.40 Å². The van der Waals surface area contributed by atoms with Crippen molar-refractivity contribution in [3.8, 4) is 11.5 Å². The molecule has 1 atom stereocenters. The zero-order valence-electron chi connectivity index (χ0n) is 18.1. The third-order valence-corrected chi connectivity index (χ3v) is 6.01. The third-order valence-electron chi connectivity index (χ3n) is 6.01. The molecule has 5 rings (SSSR count). The number of aromatic nitrogens is 2. The largest absolute Gasteiger partial charge is 0.441 e. The van der Waals surface area contributed by atoms with Gasteiger partial charge in [0.2, 0.25) is 11.8 Å². The summed E-state index contributed by atoms with van der Waals surface area (Å²) in [5.74, 6) is 1.60. The highest BCUT2D eigenvalue weighted by Gasteiger charge is 2.24. The summed E-state index contributed by atoms with van der Waals surface area (Å²) in [6, 6.07) is 18.7. The summed E-state index contributed by atoms with van der Waals surface area (Å²) < 4.78 is 6.13. The molecule has 0 unspecified atom stereocenters. The van der Waals surface area contributed by atoms with Gasteiger partial charge in [-0.05, 0) is 47.9 Å². The van der Waals surface area contributed by atoms with Gasteiger partial charge in [-0.2, -0.15) is 0 Å². The van der Waals surface area contributed by atoms with E-state index in [-0.39, 0.29) is 11.9 Å². The number of benzene rings is 2. The van der Waals surface area contributed by atoms with Gasteiger partial charge in [0, 0.05) is 50.1 Å². The topological polar surface area (TPSA) is 71.3 Å². The summed E-state index contributed by atoms with van der Waals surface area (Å²) in [7, 11) is 0. The standard InChI is InChI=1S/C26H26N4O2/c1-18-24(29-26(32-18)23-8-4-6-20-5-2-3-7-22(20)23)17-30(15-19-11-13-27-14-12-19)16-21-9-10-25(31)28-21/h2-8,11-14,21H,9-10,15-17H2,1H3,(H,28,31)/t21-/m0/s1. The van der Waals surface area contributed by atoms with Crippen molar-refractivity contribution in [2.75, 3.05) is 6.54 Å². The molecule has 1 amide bonds. The lowest BCUT2D eigenvalue weighted by atomic mass is 10.0.